The quantitative estimate of drug-likeness (QED) is 0.380. The number of hydrogen-bond acceptors (Lipinski definition) is 4. The van der Waals surface area contributed by atoms with Crippen LogP contribution in [0.3, 0.4) is 0 Å². The summed E-state index contributed by atoms with van der Waals surface area (Å²) < 4.78 is 5.14. The number of hydrogen-bond donors (Lipinski definition) is 2. The Balaban J connectivity index is 2.58. The van der Waals surface area contributed by atoms with Gasteiger partial charge in [-0.2, -0.15) is 0 Å². The van der Waals surface area contributed by atoms with Crippen LogP contribution in [0.4, 0.5) is 0 Å². The van der Waals surface area contributed by atoms with Crippen molar-refractivity contribution in [1.29, 1.82) is 0 Å². The summed E-state index contributed by atoms with van der Waals surface area (Å²) in [4.78, 5) is 18.3. The molecule has 0 aliphatic carbocycles. The Bertz CT molecular complexity index is 542. The first-order chi connectivity index (χ1) is 12.5. The van der Waals surface area contributed by atoms with Crippen LogP contribution in [-0.4, -0.2) is 56.2 Å². The molecule has 0 saturated carbocycles. The van der Waals surface area contributed by atoms with Crippen molar-refractivity contribution >= 4 is 11.9 Å². The van der Waals surface area contributed by atoms with Crippen LogP contribution in [-0.2, 0) is 9.53 Å². The third kappa shape index (κ3) is 7.87. The monoisotopic (exact) mass is 362 g/mol. The van der Waals surface area contributed by atoms with Crippen LogP contribution < -0.4 is 10.6 Å². The van der Waals surface area contributed by atoms with Crippen LogP contribution in [0.25, 0.3) is 0 Å². The van der Waals surface area contributed by atoms with E-state index in [2.05, 4.69) is 58.6 Å². The molecule has 0 aromatic heterocycles. The number of carbonyl (C=O) groups excluding carboxylic acids is 1. The zero-order chi connectivity index (χ0) is 19.4. The lowest BCUT2D eigenvalue weighted by atomic mass is 10.1. The number of aliphatic imine (C=N–C) groups is 1. The molecule has 0 aliphatic rings. The number of rotatable bonds is 10. The molecule has 1 aromatic carbocycles. The van der Waals surface area contributed by atoms with E-state index in [9.17, 15) is 4.79 Å². The molecule has 0 fully saturated rings. The number of nitrogens with one attached hydrogen (secondary N) is 2. The standard InChI is InChI=1S/C20H34N4O2/c1-6-24(7-2)18(17-11-9-8-10-12-17)15-23-20(21-5)22-14-13-19(25)26-16(3)4/h8-12,16,18H,6-7,13-15H2,1-5H3,(H2,21,22,23). The van der Waals surface area contributed by atoms with Crippen LogP contribution in [0.2, 0.25) is 0 Å². The number of likely N-dealkylation sites (N-methyl/N-ethyl adjacent to an activating group) is 1. The fourth-order valence-corrected chi connectivity index (χ4v) is 2.82. The van der Waals surface area contributed by atoms with Crippen molar-refractivity contribution in [3.8, 4) is 0 Å². The highest BCUT2D eigenvalue weighted by molar-refractivity contribution is 5.80. The normalized spacial score (nSPS) is 13.0. The molecule has 1 unspecified atom stereocenters. The van der Waals surface area contributed by atoms with E-state index in [0.717, 1.165) is 19.6 Å². The highest BCUT2D eigenvalue weighted by atomic mass is 16.5. The third-order valence-electron chi connectivity index (χ3n) is 4.11. The first kappa shape index (κ1) is 22.0. The maximum absolute atomic E-state index is 11.6. The predicted octanol–water partition coefficient (Wildman–Crippen LogP) is 2.58. The molecule has 6 heteroatoms. The van der Waals surface area contributed by atoms with Gasteiger partial charge < -0.3 is 15.4 Å². The molecule has 6 nitrogen and oxygen atoms in total. The van der Waals surface area contributed by atoms with Gasteiger partial charge in [0.25, 0.3) is 0 Å². The SMILES string of the molecule is CCN(CC)C(CNC(=NC)NCCC(=O)OC(C)C)c1ccccc1. The molecule has 0 amide bonds. The van der Waals surface area contributed by atoms with Gasteiger partial charge in [-0.1, -0.05) is 44.2 Å². The van der Waals surface area contributed by atoms with Crippen LogP contribution in [0.1, 0.15) is 45.7 Å². The Morgan fingerprint density at radius 3 is 2.35 bits per heavy atom. The van der Waals surface area contributed by atoms with Gasteiger partial charge in [-0.15, -0.1) is 0 Å². The van der Waals surface area contributed by atoms with Gasteiger partial charge >= 0.3 is 5.97 Å². The summed E-state index contributed by atoms with van der Waals surface area (Å²) in [6, 6.07) is 10.7. The topological polar surface area (TPSA) is 66.0 Å². The van der Waals surface area contributed by atoms with E-state index in [4.69, 9.17) is 4.74 Å². The van der Waals surface area contributed by atoms with Crippen LogP contribution in [0.15, 0.2) is 35.3 Å². The second-order valence-electron chi connectivity index (χ2n) is 6.32. The molecule has 0 aliphatic heterocycles. The van der Waals surface area contributed by atoms with Crippen molar-refractivity contribution < 1.29 is 9.53 Å². The van der Waals surface area contributed by atoms with Crippen molar-refractivity contribution in [2.24, 2.45) is 4.99 Å². The lowest BCUT2D eigenvalue weighted by Crippen LogP contribution is -2.43. The second-order valence-corrected chi connectivity index (χ2v) is 6.32. The number of nitrogens with zero attached hydrogens (tertiary/aromatic N) is 2. The second kappa shape index (κ2) is 12.3. The molecule has 2 N–H and O–H groups in total. The Kier molecular flexibility index (Phi) is 10.4. The molecular formula is C20H34N4O2. The maximum atomic E-state index is 11.6. The summed E-state index contributed by atoms with van der Waals surface area (Å²) in [6.07, 6.45) is 0.234. The molecule has 1 rings (SSSR count). The molecule has 26 heavy (non-hydrogen) atoms. The molecule has 0 radical (unpaired) electrons. The Labute approximate surface area is 158 Å². The van der Waals surface area contributed by atoms with Crippen LogP contribution in [0, 0.1) is 0 Å². The smallest absolute Gasteiger partial charge is 0.307 e. The van der Waals surface area contributed by atoms with Crippen molar-refractivity contribution in [3.63, 3.8) is 0 Å². The van der Waals surface area contributed by atoms with Gasteiger partial charge in [0.05, 0.1) is 18.6 Å². The number of benzene rings is 1. The van der Waals surface area contributed by atoms with Gasteiger partial charge in [0.2, 0.25) is 0 Å². The van der Waals surface area contributed by atoms with E-state index in [1.165, 1.54) is 5.56 Å². The van der Waals surface area contributed by atoms with Gasteiger partial charge in [-0.25, -0.2) is 0 Å². The van der Waals surface area contributed by atoms with Crippen LogP contribution >= 0.6 is 0 Å². The highest BCUT2D eigenvalue weighted by Crippen LogP contribution is 2.19. The van der Waals surface area contributed by atoms with Gasteiger partial charge in [-0.3, -0.25) is 14.7 Å². The summed E-state index contributed by atoms with van der Waals surface area (Å²) in [7, 11) is 1.73. The first-order valence-electron chi connectivity index (χ1n) is 9.44. The minimum absolute atomic E-state index is 0.0827. The van der Waals surface area contributed by atoms with Crippen LogP contribution in [0.5, 0.6) is 0 Å². The molecule has 146 valence electrons. The van der Waals surface area contributed by atoms with E-state index >= 15 is 0 Å². The summed E-state index contributed by atoms with van der Waals surface area (Å²) in [6.45, 7) is 11.2. The maximum Gasteiger partial charge on any atom is 0.307 e. The van der Waals surface area contributed by atoms with E-state index < -0.39 is 0 Å². The average Bonchev–Trinajstić information content (AvgIpc) is 2.63. The first-order valence-corrected chi connectivity index (χ1v) is 9.44. The lowest BCUT2D eigenvalue weighted by molar-refractivity contribution is -0.147. The Morgan fingerprint density at radius 2 is 1.81 bits per heavy atom. The van der Waals surface area contributed by atoms with E-state index in [0.29, 0.717) is 18.9 Å². The molecule has 0 bridgehead atoms. The van der Waals surface area contributed by atoms with Gasteiger partial charge in [0.15, 0.2) is 5.96 Å². The molecule has 0 spiro atoms. The Morgan fingerprint density at radius 1 is 1.15 bits per heavy atom. The molecule has 0 saturated heterocycles. The minimum atomic E-state index is -0.201. The van der Waals surface area contributed by atoms with E-state index in [1.807, 2.05) is 19.9 Å². The van der Waals surface area contributed by atoms with Crippen molar-refractivity contribution in [3.05, 3.63) is 35.9 Å². The van der Waals surface area contributed by atoms with Gasteiger partial charge in [0, 0.05) is 20.1 Å². The number of esters is 1. The van der Waals surface area contributed by atoms with Gasteiger partial charge in [-0.05, 0) is 32.5 Å². The minimum Gasteiger partial charge on any atom is -0.463 e. The highest BCUT2D eigenvalue weighted by Gasteiger charge is 2.18. The summed E-state index contributed by atoms with van der Waals surface area (Å²) in [5.74, 6) is 0.490. The van der Waals surface area contributed by atoms with E-state index in [-0.39, 0.29) is 18.1 Å². The largest absolute Gasteiger partial charge is 0.463 e. The lowest BCUT2D eigenvalue weighted by Gasteiger charge is -2.30. The summed E-state index contributed by atoms with van der Waals surface area (Å²) >= 11 is 0. The van der Waals surface area contributed by atoms with Crippen molar-refractivity contribution in [2.75, 3.05) is 33.2 Å². The van der Waals surface area contributed by atoms with Gasteiger partial charge in [0.1, 0.15) is 0 Å². The molecular weight excluding hydrogens is 328 g/mol. The number of carbonyl (C=O) groups is 1. The number of guanidine groups is 1. The zero-order valence-electron chi connectivity index (χ0n) is 16.8. The Hall–Kier alpha value is -2.08. The predicted molar refractivity (Wildman–Crippen MR) is 107 cm³/mol. The van der Waals surface area contributed by atoms with E-state index in [1.54, 1.807) is 7.05 Å². The molecule has 1 aromatic rings. The molecule has 0 heterocycles. The summed E-state index contributed by atoms with van der Waals surface area (Å²) in [5, 5.41) is 6.55. The average molecular weight is 363 g/mol. The van der Waals surface area contributed by atoms with Crippen molar-refractivity contribution in [1.82, 2.24) is 15.5 Å². The van der Waals surface area contributed by atoms with Crippen molar-refractivity contribution in [2.45, 2.75) is 46.3 Å². The number of ether oxygens (including phenoxy) is 1. The fraction of sp³-hybridized carbons (Fsp3) is 0.600. The molecule has 1 atom stereocenters. The fourth-order valence-electron chi connectivity index (χ4n) is 2.82. The summed E-state index contributed by atoms with van der Waals surface area (Å²) in [5.41, 5.74) is 1.28. The third-order valence-corrected chi connectivity index (χ3v) is 4.11. The zero-order valence-corrected chi connectivity index (χ0v) is 16.8.